The predicted molar refractivity (Wildman–Crippen MR) is 105 cm³/mol. The number of halogens is 2. The maximum atomic E-state index is 9.45. The Morgan fingerprint density at radius 3 is 2.71 bits per heavy atom. The van der Waals surface area contributed by atoms with Crippen molar-refractivity contribution in [1.82, 2.24) is 29.8 Å². The molecule has 0 saturated carbocycles. The summed E-state index contributed by atoms with van der Waals surface area (Å²) in [5, 5.41) is 23.9. The number of fused-ring (bicyclic) bond motifs is 4. The lowest BCUT2D eigenvalue weighted by Crippen LogP contribution is -2.01. The molecule has 0 atom stereocenters. The largest absolute Gasteiger partial charge is 0.508 e. The first kappa shape index (κ1) is 17.0. The summed E-state index contributed by atoms with van der Waals surface area (Å²) >= 11 is 12.9. The summed E-state index contributed by atoms with van der Waals surface area (Å²) in [5.74, 6) is 1.62. The van der Waals surface area contributed by atoms with Gasteiger partial charge in [-0.3, -0.25) is 0 Å². The molecule has 3 heterocycles. The number of nitrogens with one attached hydrogen (secondary N) is 1. The molecule has 140 valence electrons. The van der Waals surface area contributed by atoms with Crippen molar-refractivity contribution in [2.75, 3.05) is 7.11 Å². The smallest absolute Gasteiger partial charge is 0.273 e. The second kappa shape index (κ2) is 6.22. The van der Waals surface area contributed by atoms with Gasteiger partial charge in [-0.05, 0) is 17.7 Å². The minimum atomic E-state index is 0.204. The van der Waals surface area contributed by atoms with Gasteiger partial charge in [0, 0.05) is 12.5 Å². The Balaban J connectivity index is 1.74. The van der Waals surface area contributed by atoms with Gasteiger partial charge in [-0.2, -0.15) is 14.6 Å². The minimum Gasteiger partial charge on any atom is -0.508 e. The fourth-order valence-corrected chi connectivity index (χ4v) is 3.71. The molecule has 10 heteroatoms. The molecule has 0 amide bonds. The van der Waals surface area contributed by atoms with E-state index in [0.717, 1.165) is 5.56 Å². The van der Waals surface area contributed by atoms with Crippen LogP contribution in [-0.4, -0.2) is 42.0 Å². The number of hydrogen-bond acceptors (Lipinski definition) is 6. The topological polar surface area (TPSA) is 101 Å². The molecule has 0 spiro atoms. The van der Waals surface area contributed by atoms with E-state index in [9.17, 15) is 5.11 Å². The van der Waals surface area contributed by atoms with Crippen molar-refractivity contribution in [2.45, 2.75) is 6.42 Å². The van der Waals surface area contributed by atoms with Crippen LogP contribution in [0, 0.1) is 0 Å². The van der Waals surface area contributed by atoms with Gasteiger partial charge in [-0.15, -0.1) is 10.2 Å². The number of ether oxygens (including phenoxy) is 1. The van der Waals surface area contributed by atoms with E-state index in [-0.39, 0.29) is 5.75 Å². The Morgan fingerprint density at radius 2 is 1.96 bits per heavy atom. The van der Waals surface area contributed by atoms with E-state index in [4.69, 9.17) is 27.9 Å². The number of aromatic amines is 1. The van der Waals surface area contributed by atoms with Crippen LogP contribution in [0.5, 0.6) is 11.5 Å². The fraction of sp³-hybridized carbons (Fsp3) is 0.111. The number of rotatable bonds is 3. The van der Waals surface area contributed by atoms with Gasteiger partial charge in [0.05, 0.1) is 28.1 Å². The minimum absolute atomic E-state index is 0.204. The average molecular weight is 415 g/mol. The van der Waals surface area contributed by atoms with E-state index in [0.29, 0.717) is 55.9 Å². The Bertz CT molecular complexity index is 1360. The van der Waals surface area contributed by atoms with Crippen molar-refractivity contribution >= 4 is 51.0 Å². The van der Waals surface area contributed by atoms with Gasteiger partial charge in [-0.25, -0.2) is 0 Å². The van der Waals surface area contributed by atoms with Gasteiger partial charge in [0.25, 0.3) is 5.78 Å². The number of aromatic hydroxyl groups is 1. The van der Waals surface area contributed by atoms with Gasteiger partial charge >= 0.3 is 0 Å². The zero-order chi connectivity index (χ0) is 19.4. The molecule has 8 nitrogen and oxygen atoms in total. The fourth-order valence-electron chi connectivity index (χ4n) is 3.15. The van der Waals surface area contributed by atoms with Crippen LogP contribution in [0.15, 0.2) is 30.3 Å². The summed E-state index contributed by atoms with van der Waals surface area (Å²) < 4.78 is 6.88. The maximum absolute atomic E-state index is 9.45. The first-order valence-electron chi connectivity index (χ1n) is 8.29. The van der Waals surface area contributed by atoms with Crippen LogP contribution in [0.4, 0.5) is 0 Å². The van der Waals surface area contributed by atoms with Crippen LogP contribution in [0.3, 0.4) is 0 Å². The Morgan fingerprint density at radius 1 is 1.18 bits per heavy atom. The van der Waals surface area contributed by atoms with Gasteiger partial charge in [0.1, 0.15) is 17.0 Å². The maximum Gasteiger partial charge on any atom is 0.273 e. The predicted octanol–water partition coefficient (Wildman–Crippen LogP) is 3.77. The number of methoxy groups -OCH3 is 1. The molecule has 0 aliphatic heterocycles. The SMILES string of the molecule is COc1cc(Cl)c2[nH]c3nc4nnc(Cc5ccc(O)cc5)n4nc3c2c1Cl. The third-order valence-corrected chi connectivity index (χ3v) is 5.18. The molecule has 3 aromatic heterocycles. The summed E-state index contributed by atoms with van der Waals surface area (Å²) in [7, 11) is 1.53. The molecule has 0 bridgehead atoms. The Kier molecular flexibility index (Phi) is 3.78. The quantitative estimate of drug-likeness (QED) is 0.465. The molecule has 0 saturated heterocycles. The molecule has 0 aliphatic rings. The highest BCUT2D eigenvalue weighted by molar-refractivity contribution is 6.43. The lowest BCUT2D eigenvalue weighted by molar-refractivity contribution is 0.415. The van der Waals surface area contributed by atoms with Crippen molar-refractivity contribution in [3.8, 4) is 11.5 Å². The van der Waals surface area contributed by atoms with Crippen LogP contribution in [0.25, 0.3) is 27.8 Å². The lowest BCUT2D eigenvalue weighted by atomic mass is 10.1. The van der Waals surface area contributed by atoms with Crippen LogP contribution in [0.2, 0.25) is 10.0 Å². The Labute approximate surface area is 167 Å². The normalized spacial score (nSPS) is 11.7. The summed E-state index contributed by atoms with van der Waals surface area (Å²) in [6.07, 6.45) is 0.474. The third-order valence-electron chi connectivity index (χ3n) is 4.51. The molecule has 5 rings (SSSR count). The highest BCUT2D eigenvalue weighted by Gasteiger charge is 2.20. The van der Waals surface area contributed by atoms with Crippen molar-refractivity contribution in [3.63, 3.8) is 0 Å². The summed E-state index contributed by atoms with van der Waals surface area (Å²) in [4.78, 5) is 7.64. The van der Waals surface area contributed by atoms with Crippen LogP contribution in [-0.2, 0) is 6.42 Å². The average Bonchev–Trinajstić information content (AvgIpc) is 3.26. The van der Waals surface area contributed by atoms with E-state index < -0.39 is 0 Å². The second-order valence-corrected chi connectivity index (χ2v) is 7.02. The zero-order valence-corrected chi connectivity index (χ0v) is 16.0. The van der Waals surface area contributed by atoms with E-state index in [1.165, 1.54) is 7.11 Å². The molecule has 2 aromatic carbocycles. The van der Waals surface area contributed by atoms with E-state index in [1.807, 2.05) is 12.1 Å². The molecule has 0 unspecified atom stereocenters. The summed E-state index contributed by atoms with van der Waals surface area (Å²) in [6.45, 7) is 0. The molecular formula is C18H12Cl2N6O2. The first-order valence-corrected chi connectivity index (χ1v) is 9.04. The van der Waals surface area contributed by atoms with E-state index in [2.05, 4.69) is 25.3 Å². The summed E-state index contributed by atoms with van der Waals surface area (Å²) in [6, 6.07) is 8.52. The number of aromatic nitrogens is 6. The molecule has 28 heavy (non-hydrogen) atoms. The van der Waals surface area contributed by atoms with E-state index in [1.54, 1.807) is 22.7 Å². The number of benzene rings is 2. The van der Waals surface area contributed by atoms with Crippen molar-refractivity contribution in [3.05, 3.63) is 51.8 Å². The number of phenolic OH excluding ortho intramolecular Hbond substituents is 1. The standard InChI is InChI=1S/C18H12Cl2N6O2/c1-28-11-7-10(19)15-13(14(11)20)16-17(21-15)22-18-24-23-12(26(18)25-16)6-8-2-4-9(27)5-3-8/h2-5,7,27H,6H2,1H3,(H,21,22,24). The van der Waals surface area contributed by atoms with E-state index >= 15 is 0 Å². The highest BCUT2D eigenvalue weighted by atomic mass is 35.5. The van der Waals surface area contributed by atoms with Crippen molar-refractivity contribution in [2.24, 2.45) is 0 Å². The van der Waals surface area contributed by atoms with Gasteiger partial charge < -0.3 is 14.8 Å². The van der Waals surface area contributed by atoms with Crippen LogP contribution < -0.4 is 4.74 Å². The molecular weight excluding hydrogens is 403 g/mol. The second-order valence-electron chi connectivity index (χ2n) is 6.23. The molecule has 0 fully saturated rings. The zero-order valence-electron chi connectivity index (χ0n) is 14.4. The molecule has 5 aromatic rings. The highest BCUT2D eigenvalue weighted by Crippen LogP contribution is 2.40. The monoisotopic (exact) mass is 414 g/mol. The van der Waals surface area contributed by atoms with Gasteiger partial charge in [-0.1, -0.05) is 35.3 Å². The summed E-state index contributed by atoms with van der Waals surface area (Å²) in [5.41, 5.74) is 2.63. The van der Waals surface area contributed by atoms with Crippen LogP contribution in [0.1, 0.15) is 11.4 Å². The number of nitrogens with zero attached hydrogens (tertiary/aromatic N) is 5. The first-order chi connectivity index (χ1) is 13.5. The molecule has 2 N–H and O–H groups in total. The van der Waals surface area contributed by atoms with Crippen molar-refractivity contribution in [1.29, 1.82) is 0 Å². The van der Waals surface area contributed by atoms with Crippen LogP contribution >= 0.6 is 23.2 Å². The lowest BCUT2D eigenvalue weighted by Gasteiger charge is -2.05. The third kappa shape index (κ3) is 2.53. The number of hydrogen-bond donors (Lipinski definition) is 2. The number of phenols is 1. The Hall–Kier alpha value is -3.10. The molecule has 0 radical (unpaired) electrons. The molecule has 0 aliphatic carbocycles. The van der Waals surface area contributed by atoms with Gasteiger partial charge in [0.2, 0.25) is 0 Å². The van der Waals surface area contributed by atoms with Gasteiger partial charge in [0.15, 0.2) is 11.5 Å². The number of H-pyrrole nitrogens is 1. The van der Waals surface area contributed by atoms with Crippen molar-refractivity contribution < 1.29 is 9.84 Å².